The molecule has 0 bridgehead atoms. The standard InChI is InChI=1S/C52H56ClF3N5O11PS/c1-51(2,3)45(58-47(64)43-25-32-23-33(15-18-42(32)74-43)52(55,56)73(68,69)70)50(67)60-27-34(26-40(60)49(66)59-20-22-72-41(29-59)31-14-16-38(54)37(53)24-31)71-21-9-7-5-4-6-8-11-30-12-10-13-35-36(30)28-61(48(35)65)39-17-19-44(62)57-46(39)63/h10,12-16,18,23-25,34,39-41,45H,4-7,9,17,19-22,26-29H2,1-3H3,(H,58,64)(H,57,62,63)(H2,68,69,70)/t34-,39?,40-,41?,45+/m0/s1. The van der Waals surface area contributed by atoms with Gasteiger partial charge in [0.1, 0.15) is 30.0 Å². The number of nitrogens with one attached hydrogen (secondary N) is 2. The van der Waals surface area contributed by atoms with Crippen molar-refractivity contribution in [1.29, 1.82) is 0 Å². The number of carbonyl (C=O) groups is 6. The van der Waals surface area contributed by atoms with E-state index in [0.29, 0.717) is 40.8 Å². The maximum absolute atomic E-state index is 14.8. The van der Waals surface area contributed by atoms with Gasteiger partial charge >= 0.3 is 13.3 Å². The second-order valence-electron chi connectivity index (χ2n) is 20.0. The third kappa shape index (κ3) is 11.9. The van der Waals surface area contributed by atoms with Gasteiger partial charge in [-0.1, -0.05) is 75.3 Å². The summed E-state index contributed by atoms with van der Waals surface area (Å²) in [7, 11) is -5.85. The van der Waals surface area contributed by atoms with E-state index in [0.717, 1.165) is 48.3 Å². The van der Waals surface area contributed by atoms with Crippen LogP contribution in [0.4, 0.5) is 13.2 Å². The first kappa shape index (κ1) is 54.6. The molecular weight excluding hydrogens is 1030 g/mol. The van der Waals surface area contributed by atoms with Crippen molar-refractivity contribution in [2.45, 2.75) is 115 Å². The van der Waals surface area contributed by atoms with Crippen LogP contribution in [0, 0.1) is 23.1 Å². The summed E-state index contributed by atoms with van der Waals surface area (Å²) in [5.41, 5.74) is -3.74. The summed E-state index contributed by atoms with van der Waals surface area (Å²) in [6, 6.07) is 11.0. The fourth-order valence-corrected chi connectivity index (χ4v) is 11.3. The van der Waals surface area contributed by atoms with Crippen molar-refractivity contribution in [3.63, 3.8) is 0 Å². The van der Waals surface area contributed by atoms with Gasteiger partial charge in [0.25, 0.3) is 11.8 Å². The van der Waals surface area contributed by atoms with Gasteiger partial charge < -0.3 is 39.3 Å². The first-order valence-corrected chi connectivity index (χ1v) is 27.1. The Kier molecular flexibility index (Phi) is 16.4. The van der Waals surface area contributed by atoms with Gasteiger partial charge in [0, 0.05) is 66.9 Å². The van der Waals surface area contributed by atoms with Crippen molar-refractivity contribution in [3.05, 3.63) is 104 Å². The minimum absolute atomic E-state index is 0.0359. The number of morpholine rings is 1. The second kappa shape index (κ2) is 22.3. The van der Waals surface area contributed by atoms with Crippen molar-refractivity contribution in [3.8, 4) is 11.8 Å². The predicted octanol–water partition coefficient (Wildman–Crippen LogP) is 7.41. The van der Waals surface area contributed by atoms with E-state index in [1.54, 1.807) is 37.8 Å². The Labute approximate surface area is 434 Å². The number of amides is 6. The van der Waals surface area contributed by atoms with Gasteiger partial charge in [0.2, 0.25) is 23.6 Å². The first-order valence-electron chi connectivity index (χ1n) is 24.3. The number of unbranched alkanes of at least 4 members (excludes halogenated alkanes) is 4. The van der Waals surface area contributed by atoms with E-state index in [2.05, 4.69) is 22.5 Å². The van der Waals surface area contributed by atoms with Crippen LogP contribution < -0.4 is 10.6 Å². The number of carbonyl (C=O) groups excluding carboxylic acids is 6. The number of hydrogen-bond donors (Lipinski definition) is 4. The second-order valence-corrected chi connectivity index (χ2v) is 23.1. The van der Waals surface area contributed by atoms with E-state index in [-0.39, 0.29) is 85.1 Å². The van der Waals surface area contributed by atoms with Crippen LogP contribution in [0.15, 0.2) is 60.7 Å². The molecule has 394 valence electrons. The highest BCUT2D eigenvalue weighted by atomic mass is 35.5. The lowest BCUT2D eigenvalue weighted by Crippen LogP contribution is -2.58. The molecule has 8 rings (SSSR count). The fourth-order valence-electron chi connectivity index (χ4n) is 9.68. The predicted molar refractivity (Wildman–Crippen MR) is 267 cm³/mol. The number of likely N-dealkylation sites (tertiary alicyclic amines) is 1. The highest BCUT2D eigenvalue weighted by Gasteiger charge is 2.51. The smallest absolute Gasteiger partial charge is 0.376 e. The van der Waals surface area contributed by atoms with Crippen LogP contribution in [0.3, 0.4) is 0 Å². The Hall–Kier alpha value is -5.65. The Morgan fingerprint density at radius 3 is 2.53 bits per heavy atom. The molecule has 16 nitrogen and oxygen atoms in total. The Morgan fingerprint density at radius 1 is 1.03 bits per heavy atom. The number of ether oxygens (including phenoxy) is 2. The number of benzene rings is 3. The molecule has 1 aromatic heterocycles. The zero-order valence-electron chi connectivity index (χ0n) is 40.8. The number of alkyl halides is 2. The lowest BCUT2D eigenvalue weighted by atomic mass is 9.85. The summed E-state index contributed by atoms with van der Waals surface area (Å²) in [4.78, 5) is 104. The summed E-state index contributed by atoms with van der Waals surface area (Å²) in [6.45, 7) is 6.32. The molecule has 6 amide bonds. The summed E-state index contributed by atoms with van der Waals surface area (Å²) >= 11 is 7.03. The molecule has 74 heavy (non-hydrogen) atoms. The van der Waals surface area contributed by atoms with Crippen LogP contribution in [-0.4, -0.2) is 117 Å². The average molecular weight is 1080 g/mol. The number of piperidine rings is 1. The molecule has 5 atom stereocenters. The van der Waals surface area contributed by atoms with Crippen LogP contribution in [0.1, 0.15) is 121 Å². The molecule has 4 N–H and O–H groups in total. The summed E-state index contributed by atoms with van der Waals surface area (Å²) in [5, 5.41) is 5.19. The molecule has 4 aliphatic heterocycles. The quantitative estimate of drug-likeness (QED) is 0.0398. The Bertz CT molecular complexity index is 2990. The molecule has 2 unspecified atom stereocenters. The third-order valence-corrected chi connectivity index (χ3v) is 16.1. The Balaban J connectivity index is 0.902. The van der Waals surface area contributed by atoms with Gasteiger partial charge in [-0.2, -0.15) is 8.78 Å². The molecule has 5 heterocycles. The SMILES string of the molecule is CC(C)(C)[C@H](NC(=O)c1cc2cc(C(F)(F)P(=O)(O)O)ccc2s1)C(=O)N1C[C@@H](OCCCCCCC#Cc2cccc3c2CN(C2CCC(=O)NC2=O)C3=O)C[C@H]1C(=O)N1CCOC(c2ccc(F)c(Cl)c2)C1. The number of imide groups is 1. The van der Waals surface area contributed by atoms with Gasteiger partial charge in [0.15, 0.2) is 0 Å². The van der Waals surface area contributed by atoms with Crippen LogP contribution in [0.25, 0.3) is 10.1 Å². The van der Waals surface area contributed by atoms with E-state index in [4.69, 9.17) is 21.1 Å². The van der Waals surface area contributed by atoms with Crippen molar-refractivity contribution in [1.82, 2.24) is 25.3 Å². The normalized spacial score (nSPS) is 20.8. The van der Waals surface area contributed by atoms with Crippen molar-refractivity contribution in [2.24, 2.45) is 5.41 Å². The molecule has 0 saturated carbocycles. The number of fused-ring (bicyclic) bond motifs is 2. The van der Waals surface area contributed by atoms with E-state index in [9.17, 15) is 56.3 Å². The van der Waals surface area contributed by atoms with Gasteiger partial charge in [-0.3, -0.25) is 38.6 Å². The van der Waals surface area contributed by atoms with Crippen LogP contribution in [0.2, 0.25) is 5.02 Å². The maximum Gasteiger partial charge on any atom is 0.399 e. The molecule has 0 radical (unpaired) electrons. The molecule has 22 heteroatoms. The zero-order chi connectivity index (χ0) is 53.3. The monoisotopic (exact) mass is 1080 g/mol. The highest BCUT2D eigenvalue weighted by Crippen LogP contribution is 2.59. The molecular formula is C52H56ClF3N5O11PS. The summed E-state index contributed by atoms with van der Waals surface area (Å²) < 4.78 is 67.5. The first-order chi connectivity index (χ1) is 35.0. The molecule has 3 saturated heterocycles. The largest absolute Gasteiger partial charge is 0.399 e. The van der Waals surface area contributed by atoms with Crippen molar-refractivity contribution >= 4 is 76.1 Å². The van der Waals surface area contributed by atoms with Crippen LogP contribution >= 0.6 is 30.5 Å². The summed E-state index contributed by atoms with van der Waals surface area (Å²) in [6.07, 6.45) is 3.15. The topological polar surface area (TPSA) is 212 Å². The van der Waals surface area contributed by atoms with Crippen molar-refractivity contribution in [2.75, 3.05) is 32.8 Å². The molecule has 4 aromatic rings. The molecule has 4 aliphatic rings. The number of thiophene rings is 1. The molecule has 3 aromatic carbocycles. The molecule has 0 spiro atoms. The van der Waals surface area contributed by atoms with Crippen molar-refractivity contribution < 1.29 is 65.8 Å². The lowest BCUT2D eigenvalue weighted by molar-refractivity contribution is -0.150. The van der Waals surface area contributed by atoms with E-state index in [1.165, 1.54) is 40.1 Å². The van der Waals surface area contributed by atoms with Gasteiger partial charge in [-0.25, -0.2) is 4.39 Å². The minimum atomic E-state index is -5.85. The maximum atomic E-state index is 14.8. The number of hydrogen-bond acceptors (Lipinski definition) is 10. The van der Waals surface area contributed by atoms with Gasteiger partial charge in [-0.15, -0.1) is 11.3 Å². The minimum Gasteiger partial charge on any atom is -0.376 e. The summed E-state index contributed by atoms with van der Waals surface area (Å²) in [5.74, 6) is 3.12. The highest BCUT2D eigenvalue weighted by molar-refractivity contribution is 7.52. The lowest BCUT2D eigenvalue weighted by Gasteiger charge is -2.38. The van der Waals surface area contributed by atoms with Gasteiger partial charge in [0.05, 0.1) is 29.2 Å². The molecule has 3 fully saturated rings. The Morgan fingerprint density at radius 2 is 1.80 bits per heavy atom. The van der Waals surface area contributed by atoms with Crippen LogP contribution in [0.5, 0.6) is 0 Å². The number of nitrogens with zero attached hydrogens (tertiary/aromatic N) is 3. The van der Waals surface area contributed by atoms with Gasteiger partial charge in [-0.05, 0) is 83.7 Å². The van der Waals surface area contributed by atoms with Crippen LogP contribution in [-0.2, 0) is 45.4 Å². The number of rotatable bonds is 15. The third-order valence-electron chi connectivity index (χ3n) is 13.7. The fraction of sp³-hybridized carbons (Fsp3) is 0.462. The number of halogens is 4. The zero-order valence-corrected chi connectivity index (χ0v) is 43.3. The van der Waals surface area contributed by atoms with E-state index < -0.39 is 78.1 Å². The average Bonchev–Trinajstić information content (AvgIpc) is 4.08. The molecule has 0 aliphatic carbocycles. The van der Waals surface area contributed by atoms with E-state index >= 15 is 0 Å². The van der Waals surface area contributed by atoms with E-state index in [1.807, 2.05) is 6.07 Å².